The molecule has 1 aromatic rings. The van der Waals surface area contributed by atoms with Crippen LogP contribution in [-0.4, -0.2) is 39.9 Å². The lowest BCUT2D eigenvalue weighted by atomic mass is 9.95. The second kappa shape index (κ2) is 6.09. The minimum atomic E-state index is 0.315. The third kappa shape index (κ3) is 3.49. The fourth-order valence-corrected chi connectivity index (χ4v) is 3.53. The number of rotatable bonds is 5. The molecule has 4 nitrogen and oxygen atoms in total. The van der Waals surface area contributed by atoms with Crippen molar-refractivity contribution in [3.8, 4) is 0 Å². The van der Waals surface area contributed by atoms with Crippen molar-refractivity contribution in [1.29, 1.82) is 0 Å². The first-order valence-corrected chi connectivity index (χ1v) is 8.62. The van der Waals surface area contributed by atoms with Crippen LogP contribution in [0.15, 0.2) is 12.3 Å². The number of nitrogens with zero attached hydrogens (tertiary/aromatic N) is 3. The summed E-state index contributed by atoms with van der Waals surface area (Å²) in [6, 6.07) is 2.69. The molecule has 1 N–H and O–H groups in total. The maximum atomic E-state index is 4.77. The van der Waals surface area contributed by atoms with Gasteiger partial charge < -0.3 is 5.32 Å². The van der Waals surface area contributed by atoms with E-state index < -0.39 is 0 Å². The summed E-state index contributed by atoms with van der Waals surface area (Å²) in [7, 11) is 0. The van der Waals surface area contributed by atoms with E-state index in [-0.39, 0.29) is 0 Å². The van der Waals surface area contributed by atoms with Gasteiger partial charge in [-0.1, -0.05) is 6.92 Å². The molecule has 2 aliphatic rings. The van der Waals surface area contributed by atoms with Gasteiger partial charge in [0.1, 0.15) is 0 Å². The molecule has 1 aromatic heterocycles. The Bertz CT molecular complexity index is 465. The molecule has 0 radical (unpaired) electrons. The van der Waals surface area contributed by atoms with Crippen molar-refractivity contribution in [3.05, 3.63) is 18.0 Å². The van der Waals surface area contributed by atoms with E-state index in [1.54, 1.807) is 0 Å². The van der Waals surface area contributed by atoms with Gasteiger partial charge in [0.15, 0.2) is 0 Å². The lowest BCUT2D eigenvalue weighted by molar-refractivity contribution is 0.193. The van der Waals surface area contributed by atoms with Gasteiger partial charge in [0.25, 0.3) is 0 Å². The van der Waals surface area contributed by atoms with Gasteiger partial charge in [0, 0.05) is 30.9 Å². The lowest BCUT2D eigenvalue weighted by Gasteiger charge is -2.33. The molecular formula is C17H30N4. The van der Waals surface area contributed by atoms with Crippen LogP contribution in [0.3, 0.4) is 0 Å². The Kier molecular flexibility index (Phi) is 4.36. The topological polar surface area (TPSA) is 33.1 Å². The van der Waals surface area contributed by atoms with Crippen molar-refractivity contribution in [2.24, 2.45) is 5.92 Å². The average Bonchev–Trinajstić information content (AvgIpc) is 3.25. The van der Waals surface area contributed by atoms with Gasteiger partial charge in [-0.3, -0.25) is 9.58 Å². The summed E-state index contributed by atoms with van der Waals surface area (Å²) in [5.74, 6) is 0.885. The lowest BCUT2D eigenvalue weighted by Crippen LogP contribution is -2.50. The van der Waals surface area contributed by atoms with Crippen molar-refractivity contribution < 1.29 is 0 Å². The predicted octanol–water partition coefficient (Wildman–Crippen LogP) is 2.82. The van der Waals surface area contributed by atoms with E-state index in [9.17, 15) is 0 Å². The highest BCUT2D eigenvalue weighted by molar-refractivity contribution is 5.04. The molecule has 2 fully saturated rings. The predicted molar refractivity (Wildman–Crippen MR) is 86.3 cm³/mol. The third-order valence-electron chi connectivity index (χ3n) is 5.30. The van der Waals surface area contributed by atoms with Gasteiger partial charge in [0.2, 0.25) is 0 Å². The molecule has 1 saturated carbocycles. The second-order valence-corrected chi connectivity index (χ2v) is 7.23. The zero-order valence-corrected chi connectivity index (χ0v) is 13.8. The largest absolute Gasteiger partial charge is 0.310 e. The first-order valence-electron chi connectivity index (χ1n) is 8.62. The quantitative estimate of drug-likeness (QED) is 0.905. The molecule has 1 aliphatic heterocycles. The Labute approximate surface area is 128 Å². The second-order valence-electron chi connectivity index (χ2n) is 7.23. The highest BCUT2D eigenvalue weighted by Crippen LogP contribution is 2.40. The van der Waals surface area contributed by atoms with Gasteiger partial charge >= 0.3 is 0 Å². The van der Waals surface area contributed by atoms with E-state index in [4.69, 9.17) is 5.10 Å². The van der Waals surface area contributed by atoms with Crippen LogP contribution in [0.2, 0.25) is 0 Å². The SMILES string of the molecule is CCC(C)n1ccc(CN2CCCNC(C)(C3CC3)C2)n1. The Morgan fingerprint density at radius 1 is 1.48 bits per heavy atom. The van der Waals surface area contributed by atoms with E-state index in [2.05, 4.69) is 47.9 Å². The van der Waals surface area contributed by atoms with E-state index >= 15 is 0 Å². The van der Waals surface area contributed by atoms with Crippen LogP contribution in [0.25, 0.3) is 0 Å². The number of aromatic nitrogens is 2. The van der Waals surface area contributed by atoms with E-state index in [1.165, 1.54) is 31.5 Å². The third-order valence-corrected chi connectivity index (χ3v) is 5.30. The molecule has 21 heavy (non-hydrogen) atoms. The number of nitrogens with one attached hydrogen (secondary N) is 1. The molecule has 1 saturated heterocycles. The average molecular weight is 290 g/mol. The van der Waals surface area contributed by atoms with Crippen LogP contribution in [0, 0.1) is 5.92 Å². The van der Waals surface area contributed by atoms with Crippen molar-refractivity contribution >= 4 is 0 Å². The van der Waals surface area contributed by atoms with E-state index in [0.29, 0.717) is 11.6 Å². The van der Waals surface area contributed by atoms with E-state index in [1.807, 2.05) is 0 Å². The monoisotopic (exact) mass is 290 g/mol. The van der Waals surface area contributed by atoms with Crippen LogP contribution >= 0.6 is 0 Å². The molecule has 0 aromatic carbocycles. The summed E-state index contributed by atoms with van der Waals surface area (Å²) in [5.41, 5.74) is 1.53. The molecule has 2 heterocycles. The molecule has 0 spiro atoms. The summed E-state index contributed by atoms with van der Waals surface area (Å²) in [6.45, 7) is 11.4. The summed E-state index contributed by atoms with van der Waals surface area (Å²) in [6.07, 6.45) is 7.32. The maximum absolute atomic E-state index is 4.77. The molecule has 2 unspecified atom stereocenters. The zero-order chi connectivity index (χ0) is 14.9. The van der Waals surface area contributed by atoms with Crippen molar-refractivity contribution in [2.75, 3.05) is 19.6 Å². The van der Waals surface area contributed by atoms with Gasteiger partial charge in [-0.2, -0.15) is 5.10 Å². The minimum Gasteiger partial charge on any atom is -0.310 e. The van der Waals surface area contributed by atoms with Crippen molar-refractivity contribution in [2.45, 2.75) is 64.6 Å². The van der Waals surface area contributed by atoms with Crippen LogP contribution < -0.4 is 5.32 Å². The van der Waals surface area contributed by atoms with Gasteiger partial charge in [0.05, 0.1) is 5.69 Å². The minimum absolute atomic E-state index is 0.315. The Morgan fingerprint density at radius 3 is 3.00 bits per heavy atom. The Morgan fingerprint density at radius 2 is 2.29 bits per heavy atom. The molecule has 0 amide bonds. The smallest absolute Gasteiger partial charge is 0.0764 e. The summed E-state index contributed by atoms with van der Waals surface area (Å²) in [4.78, 5) is 2.60. The van der Waals surface area contributed by atoms with E-state index in [0.717, 1.165) is 32.0 Å². The summed E-state index contributed by atoms with van der Waals surface area (Å²) >= 11 is 0. The Balaban J connectivity index is 1.64. The molecule has 0 bridgehead atoms. The molecule has 4 heteroatoms. The standard InChI is InChI=1S/C17H30N4/c1-4-14(2)21-11-8-16(19-21)12-20-10-5-9-18-17(3,13-20)15-6-7-15/h8,11,14-15,18H,4-7,9-10,12-13H2,1-3H3. The molecule has 1 aliphatic carbocycles. The first-order chi connectivity index (χ1) is 10.1. The van der Waals surface area contributed by atoms with Gasteiger partial charge in [-0.25, -0.2) is 0 Å². The maximum Gasteiger partial charge on any atom is 0.0764 e. The van der Waals surface area contributed by atoms with Gasteiger partial charge in [-0.15, -0.1) is 0 Å². The fourth-order valence-electron chi connectivity index (χ4n) is 3.53. The van der Waals surface area contributed by atoms with Crippen LogP contribution in [0.5, 0.6) is 0 Å². The fraction of sp³-hybridized carbons (Fsp3) is 0.824. The Hall–Kier alpha value is -0.870. The van der Waals surface area contributed by atoms with Crippen LogP contribution in [0.4, 0.5) is 0 Å². The van der Waals surface area contributed by atoms with Crippen LogP contribution in [0.1, 0.15) is 58.2 Å². The molecule has 3 rings (SSSR count). The van der Waals surface area contributed by atoms with Crippen LogP contribution in [-0.2, 0) is 6.54 Å². The molecule has 2 atom stereocenters. The normalized spacial score (nSPS) is 29.3. The first kappa shape index (κ1) is 15.0. The zero-order valence-electron chi connectivity index (χ0n) is 13.8. The highest BCUT2D eigenvalue weighted by Gasteiger charge is 2.42. The highest BCUT2D eigenvalue weighted by atomic mass is 15.3. The summed E-state index contributed by atoms with van der Waals surface area (Å²) < 4.78 is 2.12. The number of hydrogen-bond acceptors (Lipinski definition) is 3. The molecular weight excluding hydrogens is 260 g/mol. The van der Waals surface area contributed by atoms with Crippen molar-refractivity contribution in [1.82, 2.24) is 20.0 Å². The number of hydrogen-bond donors (Lipinski definition) is 1. The summed E-state index contributed by atoms with van der Waals surface area (Å²) in [5, 5.41) is 8.57. The molecule has 118 valence electrons. The van der Waals surface area contributed by atoms with Crippen molar-refractivity contribution in [3.63, 3.8) is 0 Å². The van der Waals surface area contributed by atoms with Gasteiger partial charge in [-0.05, 0) is 64.6 Å².